The quantitative estimate of drug-likeness (QED) is 0.533. The van der Waals surface area contributed by atoms with Crippen molar-refractivity contribution in [1.82, 2.24) is 9.97 Å². The van der Waals surface area contributed by atoms with Crippen LogP contribution in [-0.4, -0.2) is 21.1 Å². The SMILES string of the molecule is CCCc1cc(=O)[nH]c(S[C@H](C)C(=O)Nc2ccccc2[C@@H](C)CC)n1. The van der Waals surface area contributed by atoms with Crippen LogP contribution in [0.15, 0.2) is 40.3 Å². The van der Waals surface area contributed by atoms with Gasteiger partial charge in [-0.25, -0.2) is 4.98 Å². The van der Waals surface area contributed by atoms with Crippen LogP contribution in [0.4, 0.5) is 5.69 Å². The van der Waals surface area contributed by atoms with E-state index in [-0.39, 0.29) is 16.7 Å². The molecule has 2 N–H and O–H groups in total. The number of aryl methyl sites for hydroxylation is 1. The molecular weight excluding hydrogens is 346 g/mol. The number of anilines is 1. The molecule has 0 aliphatic carbocycles. The molecule has 2 aromatic rings. The summed E-state index contributed by atoms with van der Waals surface area (Å²) in [6.45, 7) is 8.14. The minimum absolute atomic E-state index is 0.103. The van der Waals surface area contributed by atoms with Gasteiger partial charge in [0, 0.05) is 17.4 Å². The van der Waals surface area contributed by atoms with E-state index in [4.69, 9.17) is 0 Å². The molecular formula is C20H27N3O2S. The normalized spacial score (nSPS) is 13.2. The highest BCUT2D eigenvalue weighted by Crippen LogP contribution is 2.27. The molecule has 0 aliphatic rings. The van der Waals surface area contributed by atoms with Crippen LogP contribution in [0.1, 0.15) is 57.7 Å². The lowest BCUT2D eigenvalue weighted by Gasteiger charge is -2.17. The van der Waals surface area contributed by atoms with Crippen LogP contribution >= 0.6 is 11.8 Å². The Labute approximate surface area is 159 Å². The topological polar surface area (TPSA) is 74.8 Å². The largest absolute Gasteiger partial charge is 0.325 e. The number of H-pyrrole nitrogens is 1. The first-order chi connectivity index (χ1) is 12.4. The molecule has 6 heteroatoms. The van der Waals surface area contributed by atoms with Crippen molar-refractivity contribution in [3.63, 3.8) is 0 Å². The predicted octanol–water partition coefficient (Wildman–Crippen LogP) is 4.36. The first-order valence-corrected chi connectivity index (χ1v) is 9.99. The number of carbonyl (C=O) groups excluding carboxylic acids is 1. The van der Waals surface area contributed by atoms with Gasteiger partial charge in [0.2, 0.25) is 5.91 Å². The molecule has 0 aliphatic heterocycles. The Morgan fingerprint density at radius 1 is 1.27 bits per heavy atom. The number of rotatable bonds is 8. The fourth-order valence-electron chi connectivity index (χ4n) is 2.64. The van der Waals surface area contributed by atoms with Crippen molar-refractivity contribution < 1.29 is 4.79 Å². The van der Waals surface area contributed by atoms with Crippen molar-refractivity contribution >= 4 is 23.4 Å². The van der Waals surface area contributed by atoms with Crippen molar-refractivity contribution in [2.45, 2.75) is 63.3 Å². The van der Waals surface area contributed by atoms with Gasteiger partial charge in [-0.2, -0.15) is 0 Å². The molecule has 5 nitrogen and oxygen atoms in total. The molecule has 1 aromatic heterocycles. The highest BCUT2D eigenvalue weighted by Gasteiger charge is 2.18. The van der Waals surface area contributed by atoms with Crippen molar-refractivity contribution in [2.75, 3.05) is 5.32 Å². The zero-order valence-electron chi connectivity index (χ0n) is 15.8. The molecule has 1 aromatic carbocycles. The smallest absolute Gasteiger partial charge is 0.251 e. The highest BCUT2D eigenvalue weighted by atomic mass is 32.2. The summed E-state index contributed by atoms with van der Waals surface area (Å²) >= 11 is 1.27. The molecule has 0 bridgehead atoms. The van der Waals surface area contributed by atoms with E-state index in [0.29, 0.717) is 11.1 Å². The Morgan fingerprint density at radius 2 is 2.00 bits per heavy atom. The van der Waals surface area contributed by atoms with Gasteiger partial charge in [-0.15, -0.1) is 0 Å². The van der Waals surface area contributed by atoms with E-state index in [1.807, 2.05) is 32.0 Å². The lowest BCUT2D eigenvalue weighted by molar-refractivity contribution is -0.115. The summed E-state index contributed by atoms with van der Waals surface area (Å²) < 4.78 is 0. The van der Waals surface area contributed by atoms with Crippen molar-refractivity contribution in [1.29, 1.82) is 0 Å². The number of thioether (sulfide) groups is 1. The van der Waals surface area contributed by atoms with Gasteiger partial charge in [-0.05, 0) is 37.3 Å². The van der Waals surface area contributed by atoms with E-state index in [1.54, 1.807) is 0 Å². The van der Waals surface area contributed by atoms with E-state index in [1.165, 1.54) is 17.8 Å². The van der Waals surface area contributed by atoms with Crippen LogP contribution in [0.2, 0.25) is 0 Å². The van der Waals surface area contributed by atoms with Gasteiger partial charge >= 0.3 is 0 Å². The van der Waals surface area contributed by atoms with E-state index in [2.05, 4.69) is 35.2 Å². The Kier molecular flexibility index (Phi) is 7.45. The van der Waals surface area contributed by atoms with Gasteiger partial charge < -0.3 is 10.3 Å². The summed E-state index contributed by atoms with van der Waals surface area (Å²) in [5, 5.41) is 3.13. The van der Waals surface area contributed by atoms with Crippen LogP contribution in [-0.2, 0) is 11.2 Å². The molecule has 26 heavy (non-hydrogen) atoms. The average Bonchev–Trinajstić information content (AvgIpc) is 2.61. The molecule has 0 saturated carbocycles. The molecule has 0 saturated heterocycles. The van der Waals surface area contributed by atoms with Crippen molar-refractivity contribution in [3.8, 4) is 0 Å². The Balaban J connectivity index is 2.10. The van der Waals surface area contributed by atoms with Crippen LogP contribution in [0, 0.1) is 0 Å². The summed E-state index contributed by atoms with van der Waals surface area (Å²) in [6.07, 6.45) is 2.68. The van der Waals surface area contributed by atoms with Gasteiger partial charge in [-0.3, -0.25) is 9.59 Å². The molecule has 0 fully saturated rings. The Morgan fingerprint density at radius 3 is 2.69 bits per heavy atom. The minimum atomic E-state index is -0.375. The third-order valence-electron chi connectivity index (χ3n) is 4.30. The summed E-state index contributed by atoms with van der Waals surface area (Å²) in [4.78, 5) is 31.5. The zero-order valence-corrected chi connectivity index (χ0v) is 16.7. The molecule has 140 valence electrons. The molecule has 0 unspecified atom stereocenters. The van der Waals surface area contributed by atoms with Crippen LogP contribution in [0.25, 0.3) is 0 Å². The number of nitrogens with zero attached hydrogens (tertiary/aromatic N) is 1. The Bertz CT molecular complexity index is 804. The monoisotopic (exact) mass is 373 g/mol. The van der Waals surface area contributed by atoms with E-state index in [9.17, 15) is 9.59 Å². The minimum Gasteiger partial charge on any atom is -0.325 e. The molecule has 2 atom stereocenters. The van der Waals surface area contributed by atoms with Crippen molar-refractivity contribution in [2.24, 2.45) is 0 Å². The first kappa shape index (κ1) is 20.2. The third-order valence-corrected chi connectivity index (χ3v) is 5.28. The molecule has 0 radical (unpaired) electrons. The molecule has 1 amide bonds. The maximum Gasteiger partial charge on any atom is 0.251 e. The average molecular weight is 374 g/mol. The molecule has 2 rings (SSSR count). The number of aromatic nitrogens is 2. The van der Waals surface area contributed by atoms with Gasteiger partial charge in [0.05, 0.1) is 5.25 Å². The first-order valence-electron chi connectivity index (χ1n) is 9.11. The van der Waals surface area contributed by atoms with E-state index < -0.39 is 0 Å². The second-order valence-electron chi connectivity index (χ2n) is 6.44. The highest BCUT2D eigenvalue weighted by molar-refractivity contribution is 8.00. The fourth-order valence-corrected chi connectivity index (χ4v) is 3.47. The number of para-hydroxylation sites is 1. The zero-order chi connectivity index (χ0) is 19.1. The van der Waals surface area contributed by atoms with Crippen molar-refractivity contribution in [3.05, 3.63) is 51.9 Å². The molecule has 1 heterocycles. The summed E-state index contributed by atoms with van der Waals surface area (Å²) in [5.74, 6) is 0.271. The number of hydrogen-bond donors (Lipinski definition) is 2. The van der Waals surface area contributed by atoms with Gasteiger partial charge in [0.15, 0.2) is 5.16 Å². The predicted molar refractivity (Wildman–Crippen MR) is 108 cm³/mol. The maximum absolute atomic E-state index is 12.6. The van der Waals surface area contributed by atoms with Gasteiger partial charge in [0.25, 0.3) is 5.56 Å². The number of benzene rings is 1. The number of aromatic amines is 1. The fraction of sp³-hybridized carbons (Fsp3) is 0.450. The number of hydrogen-bond acceptors (Lipinski definition) is 4. The maximum atomic E-state index is 12.6. The molecule has 0 spiro atoms. The van der Waals surface area contributed by atoms with E-state index >= 15 is 0 Å². The Hall–Kier alpha value is -2.08. The summed E-state index contributed by atoms with van der Waals surface area (Å²) in [6, 6.07) is 9.41. The summed E-state index contributed by atoms with van der Waals surface area (Å²) in [5.41, 5.74) is 2.56. The van der Waals surface area contributed by atoms with Gasteiger partial charge in [-0.1, -0.05) is 57.2 Å². The van der Waals surface area contributed by atoms with Gasteiger partial charge in [0.1, 0.15) is 0 Å². The van der Waals surface area contributed by atoms with Crippen LogP contribution in [0.5, 0.6) is 0 Å². The lowest BCUT2D eigenvalue weighted by Crippen LogP contribution is -2.24. The number of carbonyl (C=O) groups is 1. The summed E-state index contributed by atoms with van der Waals surface area (Å²) in [7, 11) is 0. The lowest BCUT2D eigenvalue weighted by atomic mass is 9.97. The number of nitrogens with one attached hydrogen (secondary N) is 2. The van der Waals surface area contributed by atoms with E-state index in [0.717, 1.165) is 36.2 Å². The third kappa shape index (κ3) is 5.46. The second kappa shape index (κ2) is 9.57. The van der Waals surface area contributed by atoms with Crippen LogP contribution < -0.4 is 10.9 Å². The van der Waals surface area contributed by atoms with Crippen LogP contribution in [0.3, 0.4) is 0 Å². The second-order valence-corrected chi connectivity index (χ2v) is 7.77. The standard InChI is InChI=1S/C20H27N3O2S/c1-5-9-15-12-18(24)23-20(21-15)26-14(4)19(25)22-17-11-8-7-10-16(17)13(3)6-2/h7-8,10-14H,5-6,9H2,1-4H3,(H,22,25)(H,21,23,24)/t13-,14+/m0/s1. The number of amides is 1.